The van der Waals surface area contributed by atoms with Crippen molar-refractivity contribution in [1.29, 1.82) is 0 Å². The number of likely N-dealkylation sites (tertiary alicyclic amines) is 1. The van der Waals surface area contributed by atoms with Crippen molar-refractivity contribution in [3.63, 3.8) is 0 Å². The van der Waals surface area contributed by atoms with Crippen molar-refractivity contribution in [1.82, 2.24) is 4.90 Å². The molecule has 25 heavy (non-hydrogen) atoms. The molecule has 2 bridgehead atoms. The minimum Gasteiger partial charge on any atom is -0.490 e. The Kier molecular flexibility index (Phi) is 4.94. The van der Waals surface area contributed by atoms with E-state index in [1.165, 1.54) is 12.8 Å². The molecule has 3 N–H and O–H groups in total. The lowest BCUT2D eigenvalue weighted by atomic mass is 10.2. The zero-order valence-corrected chi connectivity index (χ0v) is 14.4. The van der Waals surface area contributed by atoms with E-state index in [1.807, 2.05) is 18.2 Å². The second-order valence-corrected chi connectivity index (χ2v) is 6.82. The molecule has 3 heterocycles. The van der Waals surface area contributed by atoms with Crippen molar-refractivity contribution >= 4 is 11.6 Å². The van der Waals surface area contributed by atoms with Gasteiger partial charge in [-0.2, -0.15) is 0 Å². The third-order valence-electron chi connectivity index (χ3n) is 4.84. The summed E-state index contributed by atoms with van der Waals surface area (Å²) in [5, 5.41) is 3.13. The molecule has 0 spiro atoms. The van der Waals surface area contributed by atoms with Gasteiger partial charge in [-0.3, -0.25) is 9.89 Å². The van der Waals surface area contributed by atoms with E-state index in [2.05, 4.69) is 15.2 Å². The fourth-order valence-corrected chi connectivity index (χ4v) is 3.62. The SMILES string of the molecule is NC(=NCCN1CC2CCC(C1)O2)Nc1ccc2c(c1)OCCCO2. The van der Waals surface area contributed by atoms with Crippen LogP contribution < -0.4 is 20.5 Å². The van der Waals surface area contributed by atoms with E-state index in [1.54, 1.807) is 0 Å². The molecule has 2 atom stereocenters. The van der Waals surface area contributed by atoms with Crippen LogP contribution in [0.25, 0.3) is 0 Å². The molecular weight excluding hydrogens is 320 g/mol. The summed E-state index contributed by atoms with van der Waals surface area (Å²) in [4.78, 5) is 6.87. The van der Waals surface area contributed by atoms with Crippen molar-refractivity contribution < 1.29 is 14.2 Å². The van der Waals surface area contributed by atoms with Crippen molar-refractivity contribution in [3.05, 3.63) is 18.2 Å². The third kappa shape index (κ3) is 4.16. The van der Waals surface area contributed by atoms with Gasteiger partial charge in [0.1, 0.15) is 0 Å². The molecule has 3 aliphatic rings. The van der Waals surface area contributed by atoms with Gasteiger partial charge < -0.3 is 25.3 Å². The zero-order valence-electron chi connectivity index (χ0n) is 14.4. The molecule has 0 radical (unpaired) electrons. The minimum atomic E-state index is 0.417. The summed E-state index contributed by atoms with van der Waals surface area (Å²) in [5.74, 6) is 1.95. The van der Waals surface area contributed by atoms with E-state index in [0.717, 1.165) is 43.2 Å². The Bertz CT molecular complexity index is 625. The molecule has 2 unspecified atom stereocenters. The van der Waals surface area contributed by atoms with Crippen LogP contribution in [-0.2, 0) is 4.74 Å². The van der Waals surface area contributed by atoms with Crippen LogP contribution in [0.15, 0.2) is 23.2 Å². The molecule has 4 rings (SSSR count). The van der Waals surface area contributed by atoms with E-state index in [9.17, 15) is 0 Å². The lowest BCUT2D eigenvalue weighted by Gasteiger charge is -2.31. The largest absolute Gasteiger partial charge is 0.490 e. The lowest BCUT2D eigenvalue weighted by Crippen LogP contribution is -2.43. The predicted octanol–water partition coefficient (Wildman–Crippen LogP) is 1.44. The molecule has 7 heteroatoms. The fourth-order valence-electron chi connectivity index (χ4n) is 3.62. The average Bonchev–Trinajstić information content (AvgIpc) is 2.81. The Morgan fingerprint density at radius 2 is 1.92 bits per heavy atom. The van der Waals surface area contributed by atoms with Gasteiger partial charge in [-0.05, 0) is 25.0 Å². The molecule has 0 aliphatic carbocycles. The number of hydrogen-bond donors (Lipinski definition) is 2. The Morgan fingerprint density at radius 1 is 1.16 bits per heavy atom. The second-order valence-electron chi connectivity index (χ2n) is 6.82. The average molecular weight is 346 g/mol. The van der Waals surface area contributed by atoms with Crippen LogP contribution in [0.3, 0.4) is 0 Å². The van der Waals surface area contributed by atoms with Crippen molar-refractivity contribution in [3.8, 4) is 11.5 Å². The van der Waals surface area contributed by atoms with Gasteiger partial charge in [-0.1, -0.05) is 0 Å². The van der Waals surface area contributed by atoms with Gasteiger partial charge in [0, 0.05) is 37.8 Å². The van der Waals surface area contributed by atoms with Crippen molar-refractivity contribution in [2.24, 2.45) is 10.7 Å². The number of guanidine groups is 1. The number of hydrogen-bond acceptors (Lipinski definition) is 5. The number of aliphatic imine (C=N–C) groups is 1. The molecular formula is C18H26N4O3. The van der Waals surface area contributed by atoms with Gasteiger partial charge >= 0.3 is 0 Å². The summed E-state index contributed by atoms with van der Waals surface area (Å²) in [6.45, 7) is 4.99. The molecule has 0 aromatic heterocycles. The van der Waals surface area contributed by atoms with Gasteiger partial charge in [0.2, 0.25) is 0 Å². The van der Waals surface area contributed by atoms with Crippen LogP contribution in [0.2, 0.25) is 0 Å². The summed E-state index contributed by atoms with van der Waals surface area (Å²) in [6.07, 6.45) is 4.11. The Hall–Kier alpha value is -1.99. The van der Waals surface area contributed by atoms with Crippen LogP contribution in [0.1, 0.15) is 19.3 Å². The zero-order chi connectivity index (χ0) is 17.1. The van der Waals surface area contributed by atoms with E-state index >= 15 is 0 Å². The molecule has 2 saturated heterocycles. The number of nitrogens with one attached hydrogen (secondary N) is 1. The van der Waals surface area contributed by atoms with Gasteiger partial charge in [0.15, 0.2) is 17.5 Å². The Morgan fingerprint density at radius 3 is 2.72 bits per heavy atom. The number of fused-ring (bicyclic) bond motifs is 3. The molecule has 3 aliphatic heterocycles. The first-order valence-corrected chi connectivity index (χ1v) is 9.11. The van der Waals surface area contributed by atoms with Crippen molar-refractivity contribution in [2.45, 2.75) is 31.5 Å². The van der Waals surface area contributed by atoms with Crippen LogP contribution in [0.5, 0.6) is 11.5 Å². The van der Waals surface area contributed by atoms with Crippen molar-refractivity contribution in [2.75, 3.05) is 44.7 Å². The number of nitrogens with two attached hydrogens (primary N) is 1. The number of nitrogens with zero attached hydrogens (tertiary/aromatic N) is 2. The van der Waals surface area contributed by atoms with E-state index < -0.39 is 0 Å². The molecule has 136 valence electrons. The van der Waals surface area contributed by atoms with Crippen LogP contribution in [0, 0.1) is 0 Å². The topological polar surface area (TPSA) is 81.3 Å². The van der Waals surface area contributed by atoms with Crippen LogP contribution in [0.4, 0.5) is 5.69 Å². The fraction of sp³-hybridized carbons (Fsp3) is 0.611. The van der Waals surface area contributed by atoms with Gasteiger partial charge in [-0.15, -0.1) is 0 Å². The maximum absolute atomic E-state index is 6.02. The van der Waals surface area contributed by atoms with E-state index in [4.69, 9.17) is 19.9 Å². The molecule has 1 aromatic rings. The highest BCUT2D eigenvalue weighted by Crippen LogP contribution is 2.32. The van der Waals surface area contributed by atoms with Gasteiger partial charge in [0.25, 0.3) is 0 Å². The van der Waals surface area contributed by atoms with E-state index in [-0.39, 0.29) is 0 Å². The molecule has 1 aromatic carbocycles. The smallest absolute Gasteiger partial charge is 0.193 e. The quantitative estimate of drug-likeness (QED) is 0.634. The summed E-state index contributed by atoms with van der Waals surface area (Å²) < 4.78 is 17.2. The standard InChI is InChI=1S/C18H26N4O3/c19-18(20-6-7-22-11-14-3-4-15(12-22)25-14)21-13-2-5-16-17(10-13)24-9-1-8-23-16/h2,5,10,14-15H,1,3-4,6-9,11-12H2,(H3,19,20,21). The summed E-state index contributed by atoms with van der Waals surface area (Å²) in [6, 6.07) is 5.73. The maximum Gasteiger partial charge on any atom is 0.193 e. The highest BCUT2D eigenvalue weighted by atomic mass is 16.5. The predicted molar refractivity (Wildman–Crippen MR) is 96.5 cm³/mol. The normalized spacial score (nSPS) is 26.3. The van der Waals surface area contributed by atoms with Gasteiger partial charge in [-0.25, -0.2) is 0 Å². The summed E-state index contributed by atoms with van der Waals surface area (Å²) >= 11 is 0. The van der Waals surface area contributed by atoms with Gasteiger partial charge in [0.05, 0.1) is 32.0 Å². The lowest BCUT2D eigenvalue weighted by molar-refractivity contribution is -0.0370. The monoisotopic (exact) mass is 346 g/mol. The first-order chi connectivity index (χ1) is 12.3. The number of benzene rings is 1. The summed E-state index contributed by atoms with van der Waals surface area (Å²) in [5.41, 5.74) is 6.88. The second kappa shape index (κ2) is 7.49. The third-order valence-corrected chi connectivity index (χ3v) is 4.84. The molecule has 7 nitrogen and oxygen atoms in total. The Labute approximate surface area is 148 Å². The highest BCUT2D eigenvalue weighted by Gasteiger charge is 2.33. The van der Waals surface area contributed by atoms with E-state index in [0.29, 0.717) is 37.9 Å². The Balaban J connectivity index is 1.28. The molecule has 0 saturated carbocycles. The molecule has 0 amide bonds. The number of ether oxygens (including phenoxy) is 3. The van der Waals surface area contributed by atoms with Crippen LogP contribution in [-0.4, -0.2) is 62.5 Å². The number of rotatable bonds is 4. The van der Waals surface area contributed by atoms with Crippen LogP contribution >= 0.6 is 0 Å². The number of morpholine rings is 1. The maximum atomic E-state index is 6.02. The first-order valence-electron chi connectivity index (χ1n) is 9.11. The highest BCUT2D eigenvalue weighted by molar-refractivity contribution is 5.92. The first kappa shape index (κ1) is 16.5. The number of anilines is 1. The molecule has 2 fully saturated rings. The minimum absolute atomic E-state index is 0.417. The summed E-state index contributed by atoms with van der Waals surface area (Å²) in [7, 11) is 0.